The molecule has 1 heterocycles. The minimum absolute atomic E-state index is 0.248. The summed E-state index contributed by atoms with van der Waals surface area (Å²) in [5.74, 6) is 1.65. The first-order valence-corrected chi connectivity index (χ1v) is 8.53. The summed E-state index contributed by atoms with van der Waals surface area (Å²) in [6.45, 7) is 7.02. The van der Waals surface area contributed by atoms with Crippen molar-refractivity contribution in [2.45, 2.75) is 39.8 Å². The molecule has 0 spiro atoms. The summed E-state index contributed by atoms with van der Waals surface area (Å²) in [7, 11) is 5.45. The number of nitrogens with zero attached hydrogens (tertiary/aromatic N) is 3. The molecule has 2 rings (SSSR count). The van der Waals surface area contributed by atoms with E-state index in [4.69, 9.17) is 4.74 Å². The van der Waals surface area contributed by atoms with E-state index in [0.717, 1.165) is 29.4 Å². The van der Waals surface area contributed by atoms with E-state index in [9.17, 15) is 0 Å². The molecule has 0 aliphatic rings. The van der Waals surface area contributed by atoms with Gasteiger partial charge in [0.25, 0.3) is 0 Å². The molecule has 0 aliphatic heterocycles. The second kappa shape index (κ2) is 8.55. The van der Waals surface area contributed by atoms with Gasteiger partial charge in [0.1, 0.15) is 5.75 Å². The van der Waals surface area contributed by atoms with Crippen LogP contribution in [-0.2, 0) is 20.0 Å². The van der Waals surface area contributed by atoms with Crippen molar-refractivity contribution < 1.29 is 4.74 Å². The number of rotatable bonds is 6. The van der Waals surface area contributed by atoms with Gasteiger partial charge in [-0.3, -0.25) is 9.67 Å². The topological polar surface area (TPSA) is 63.5 Å². The van der Waals surface area contributed by atoms with Crippen molar-refractivity contribution in [1.82, 2.24) is 20.4 Å². The lowest BCUT2D eigenvalue weighted by atomic mass is 10.1. The zero-order valence-corrected chi connectivity index (χ0v) is 16.1. The number of aromatic nitrogens is 2. The third-order valence-electron chi connectivity index (χ3n) is 4.37. The van der Waals surface area contributed by atoms with Gasteiger partial charge in [-0.2, -0.15) is 5.10 Å². The Morgan fingerprint density at radius 3 is 2.72 bits per heavy atom. The third kappa shape index (κ3) is 4.98. The highest BCUT2D eigenvalue weighted by molar-refractivity contribution is 5.79. The number of methoxy groups -OCH3 is 1. The monoisotopic (exact) mass is 343 g/mol. The highest BCUT2D eigenvalue weighted by Crippen LogP contribution is 2.14. The van der Waals surface area contributed by atoms with Crippen LogP contribution in [0.5, 0.6) is 5.75 Å². The van der Waals surface area contributed by atoms with E-state index < -0.39 is 0 Å². The lowest BCUT2D eigenvalue weighted by Gasteiger charge is -2.18. The van der Waals surface area contributed by atoms with E-state index in [0.29, 0.717) is 6.54 Å². The van der Waals surface area contributed by atoms with E-state index in [1.54, 1.807) is 14.2 Å². The van der Waals surface area contributed by atoms with Crippen LogP contribution in [0.4, 0.5) is 0 Å². The molecular formula is C19H29N5O. The van der Waals surface area contributed by atoms with Gasteiger partial charge in [-0.15, -0.1) is 0 Å². The van der Waals surface area contributed by atoms with Crippen LogP contribution in [0.25, 0.3) is 0 Å². The van der Waals surface area contributed by atoms with Crippen LogP contribution in [0.2, 0.25) is 0 Å². The summed E-state index contributed by atoms with van der Waals surface area (Å²) in [5.41, 5.74) is 4.75. The summed E-state index contributed by atoms with van der Waals surface area (Å²) in [6.07, 6.45) is 0.908. The van der Waals surface area contributed by atoms with Gasteiger partial charge < -0.3 is 15.4 Å². The molecule has 0 radical (unpaired) electrons. The number of aryl methyl sites for hydroxylation is 2. The Bertz CT molecular complexity index is 735. The van der Waals surface area contributed by atoms with Crippen molar-refractivity contribution in [3.05, 3.63) is 46.8 Å². The second-order valence-electron chi connectivity index (χ2n) is 6.30. The van der Waals surface area contributed by atoms with Gasteiger partial charge in [0.05, 0.1) is 12.8 Å². The Balaban J connectivity index is 1.92. The molecule has 1 aromatic carbocycles. The average Bonchev–Trinajstić information content (AvgIpc) is 2.84. The summed E-state index contributed by atoms with van der Waals surface area (Å²) < 4.78 is 7.20. The second-order valence-corrected chi connectivity index (χ2v) is 6.30. The van der Waals surface area contributed by atoms with E-state index >= 15 is 0 Å². The van der Waals surface area contributed by atoms with Gasteiger partial charge in [0.2, 0.25) is 0 Å². The van der Waals surface area contributed by atoms with Gasteiger partial charge in [-0.05, 0) is 50.5 Å². The number of ether oxygens (including phenoxy) is 1. The van der Waals surface area contributed by atoms with Crippen LogP contribution < -0.4 is 15.4 Å². The fourth-order valence-electron chi connectivity index (χ4n) is 2.87. The largest absolute Gasteiger partial charge is 0.497 e. The maximum absolute atomic E-state index is 5.26. The average molecular weight is 343 g/mol. The molecule has 0 bridgehead atoms. The molecular weight excluding hydrogens is 314 g/mol. The number of benzene rings is 1. The molecule has 0 fully saturated rings. The lowest BCUT2D eigenvalue weighted by molar-refractivity contribution is 0.414. The summed E-state index contributed by atoms with van der Waals surface area (Å²) in [6, 6.07) is 8.26. The van der Waals surface area contributed by atoms with Crippen LogP contribution in [0.1, 0.15) is 29.4 Å². The summed E-state index contributed by atoms with van der Waals surface area (Å²) >= 11 is 0. The molecule has 136 valence electrons. The first kappa shape index (κ1) is 18.8. The van der Waals surface area contributed by atoms with Gasteiger partial charge in [-0.1, -0.05) is 12.1 Å². The van der Waals surface area contributed by atoms with Crippen molar-refractivity contribution in [2.75, 3.05) is 14.2 Å². The maximum atomic E-state index is 5.26. The first-order chi connectivity index (χ1) is 11.9. The predicted octanol–water partition coefficient (Wildman–Crippen LogP) is 2.34. The number of hydrogen-bond acceptors (Lipinski definition) is 3. The fraction of sp³-hybridized carbons (Fsp3) is 0.474. The van der Waals surface area contributed by atoms with Crippen molar-refractivity contribution >= 4 is 5.96 Å². The normalized spacial score (nSPS) is 12.8. The van der Waals surface area contributed by atoms with Crippen LogP contribution in [-0.4, -0.2) is 35.9 Å². The summed E-state index contributed by atoms with van der Waals surface area (Å²) in [5, 5.41) is 11.3. The van der Waals surface area contributed by atoms with E-state index in [2.05, 4.69) is 47.6 Å². The van der Waals surface area contributed by atoms with Gasteiger partial charge in [0, 0.05) is 32.4 Å². The zero-order valence-electron chi connectivity index (χ0n) is 16.1. The first-order valence-electron chi connectivity index (χ1n) is 8.53. The Hall–Kier alpha value is -2.50. The molecule has 0 aliphatic carbocycles. The predicted molar refractivity (Wildman–Crippen MR) is 102 cm³/mol. The molecule has 2 N–H and O–H groups in total. The number of nitrogens with one attached hydrogen (secondary N) is 2. The molecule has 2 aromatic rings. The lowest BCUT2D eigenvalue weighted by Crippen LogP contribution is -2.42. The van der Waals surface area contributed by atoms with Crippen molar-refractivity contribution in [3.63, 3.8) is 0 Å². The van der Waals surface area contributed by atoms with E-state index in [-0.39, 0.29) is 6.04 Å². The quantitative estimate of drug-likeness (QED) is 0.624. The Morgan fingerprint density at radius 1 is 1.36 bits per heavy atom. The van der Waals surface area contributed by atoms with Crippen molar-refractivity contribution in [1.29, 1.82) is 0 Å². The summed E-state index contributed by atoms with van der Waals surface area (Å²) in [4.78, 5) is 4.32. The number of hydrogen-bond donors (Lipinski definition) is 2. The smallest absolute Gasteiger partial charge is 0.191 e. The number of aliphatic imine (C=N–C) groups is 1. The van der Waals surface area contributed by atoms with Gasteiger partial charge in [0.15, 0.2) is 5.96 Å². The molecule has 6 nitrogen and oxygen atoms in total. The molecule has 1 unspecified atom stereocenters. The molecule has 1 aromatic heterocycles. The Kier molecular flexibility index (Phi) is 6.44. The molecule has 1 atom stereocenters. The highest BCUT2D eigenvalue weighted by atomic mass is 16.5. The minimum atomic E-state index is 0.248. The zero-order chi connectivity index (χ0) is 18.4. The van der Waals surface area contributed by atoms with Gasteiger partial charge >= 0.3 is 0 Å². The third-order valence-corrected chi connectivity index (χ3v) is 4.37. The molecule has 6 heteroatoms. The van der Waals surface area contributed by atoms with Crippen LogP contribution in [0.15, 0.2) is 29.3 Å². The minimum Gasteiger partial charge on any atom is -0.497 e. The van der Waals surface area contributed by atoms with Crippen LogP contribution >= 0.6 is 0 Å². The Labute approximate surface area is 150 Å². The Morgan fingerprint density at radius 2 is 2.12 bits per heavy atom. The molecule has 0 amide bonds. The number of guanidine groups is 1. The standard InChI is InChI=1S/C19H29N5O/c1-13(10-18-14(2)23-24(5)15(18)3)22-19(20-4)21-12-16-8-7-9-17(11-16)25-6/h7-9,11,13H,10,12H2,1-6H3,(H2,20,21,22). The SMILES string of the molecule is CN=C(NCc1cccc(OC)c1)NC(C)Cc1c(C)nn(C)c1C. The van der Waals surface area contributed by atoms with E-state index in [1.165, 1.54) is 11.3 Å². The molecule has 0 saturated carbocycles. The van der Waals surface area contributed by atoms with Crippen molar-refractivity contribution in [3.8, 4) is 5.75 Å². The molecule has 0 saturated heterocycles. The highest BCUT2D eigenvalue weighted by Gasteiger charge is 2.14. The van der Waals surface area contributed by atoms with Gasteiger partial charge in [-0.25, -0.2) is 0 Å². The van der Waals surface area contributed by atoms with Crippen LogP contribution in [0.3, 0.4) is 0 Å². The molecule has 25 heavy (non-hydrogen) atoms. The van der Waals surface area contributed by atoms with Crippen LogP contribution in [0, 0.1) is 13.8 Å². The fourth-order valence-corrected chi connectivity index (χ4v) is 2.87. The van der Waals surface area contributed by atoms with E-state index in [1.807, 2.05) is 29.9 Å². The van der Waals surface area contributed by atoms with Crippen molar-refractivity contribution in [2.24, 2.45) is 12.0 Å². The maximum Gasteiger partial charge on any atom is 0.191 e.